The van der Waals surface area contributed by atoms with Crippen molar-refractivity contribution >= 4 is 57.3 Å². The Kier molecular flexibility index (Phi) is 5.15. The molecule has 2 amide bonds. The molecule has 1 saturated heterocycles. The number of thioether (sulfide) groups is 1. The summed E-state index contributed by atoms with van der Waals surface area (Å²) in [5.41, 5.74) is 1.68. The van der Waals surface area contributed by atoms with Crippen LogP contribution in [0, 0.1) is 0 Å². The van der Waals surface area contributed by atoms with Gasteiger partial charge < -0.3 is 10.0 Å². The topological polar surface area (TPSA) is 77.9 Å². The molecule has 0 aromatic heterocycles. The van der Waals surface area contributed by atoms with E-state index in [1.54, 1.807) is 19.2 Å². The summed E-state index contributed by atoms with van der Waals surface area (Å²) in [6, 6.07) is 6.20. The molecule has 2 heterocycles. The summed E-state index contributed by atoms with van der Waals surface area (Å²) in [4.78, 5) is 40.2. The molecular weight excluding hydrogens is 372 g/mol. The Labute approximate surface area is 160 Å². The van der Waals surface area contributed by atoms with Crippen LogP contribution in [0.3, 0.4) is 0 Å². The summed E-state index contributed by atoms with van der Waals surface area (Å²) >= 11 is 6.29. The van der Waals surface area contributed by atoms with Gasteiger partial charge in [0, 0.05) is 12.6 Å². The van der Waals surface area contributed by atoms with Crippen molar-refractivity contribution in [2.75, 3.05) is 11.9 Å². The number of unbranched alkanes of at least 4 members (excludes halogenated alkanes) is 1. The zero-order chi connectivity index (χ0) is 19.0. The van der Waals surface area contributed by atoms with E-state index in [4.69, 9.17) is 12.2 Å². The van der Waals surface area contributed by atoms with E-state index < -0.39 is 17.9 Å². The quantitative estimate of drug-likeness (QED) is 0.615. The number of hydrogen-bond donors (Lipinski definition) is 1. The SMILES string of the molecule is CCCCC(C(=O)O)N1C(=O)/C(=C2/C(=O)N(C)c3ccccc32)SC1=S. The number of fused-ring (bicyclic) bond motifs is 1. The van der Waals surface area contributed by atoms with Crippen LogP contribution in [0.4, 0.5) is 5.69 Å². The van der Waals surface area contributed by atoms with Gasteiger partial charge >= 0.3 is 5.97 Å². The fourth-order valence-electron chi connectivity index (χ4n) is 3.15. The molecule has 26 heavy (non-hydrogen) atoms. The first-order valence-corrected chi connectivity index (χ1v) is 9.50. The first-order chi connectivity index (χ1) is 12.4. The fourth-order valence-corrected chi connectivity index (χ4v) is 4.58. The second-order valence-electron chi connectivity index (χ2n) is 6.12. The van der Waals surface area contributed by atoms with E-state index in [2.05, 4.69) is 0 Å². The Balaban J connectivity index is 2.05. The predicted molar refractivity (Wildman–Crippen MR) is 105 cm³/mol. The molecule has 2 aliphatic rings. The summed E-state index contributed by atoms with van der Waals surface area (Å²) in [7, 11) is 1.65. The maximum Gasteiger partial charge on any atom is 0.326 e. The van der Waals surface area contributed by atoms with Crippen molar-refractivity contribution in [3.05, 3.63) is 34.7 Å². The average molecular weight is 390 g/mol. The van der Waals surface area contributed by atoms with Crippen LogP contribution in [0.15, 0.2) is 29.2 Å². The van der Waals surface area contributed by atoms with Crippen molar-refractivity contribution in [3.8, 4) is 0 Å². The van der Waals surface area contributed by atoms with Crippen molar-refractivity contribution < 1.29 is 19.5 Å². The van der Waals surface area contributed by atoms with Crippen LogP contribution in [0.2, 0.25) is 0 Å². The summed E-state index contributed by atoms with van der Waals surface area (Å²) in [6.07, 6.45) is 1.81. The van der Waals surface area contributed by atoms with Gasteiger partial charge in [-0.2, -0.15) is 0 Å². The molecule has 0 aliphatic carbocycles. The maximum absolute atomic E-state index is 13.0. The Morgan fingerprint density at radius 1 is 1.27 bits per heavy atom. The van der Waals surface area contributed by atoms with Crippen LogP contribution in [-0.4, -0.2) is 45.2 Å². The molecule has 8 heteroatoms. The number of hydrogen-bond acceptors (Lipinski definition) is 5. The minimum absolute atomic E-state index is 0.181. The number of likely N-dealkylation sites (N-methyl/N-ethyl adjacent to an activating group) is 1. The maximum atomic E-state index is 13.0. The van der Waals surface area contributed by atoms with Gasteiger partial charge in [-0.25, -0.2) is 4.79 Å². The normalized spacial score (nSPS) is 20.8. The molecule has 0 spiro atoms. The van der Waals surface area contributed by atoms with Gasteiger partial charge in [0.05, 0.1) is 16.2 Å². The van der Waals surface area contributed by atoms with E-state index in [1.165, 1.54) is 4.90 Å². The minimum atomic E-state index is -1.09. The molecular formula is C18H18N2O4S2. The summed E-state index contributed by atoms with van der Waals surface area (Å²) < 4.78 is 0.181. The lowest BCUT2D eigenvalue weighted by molar-refractivity contribution is -0.145. The number of para-hydroxylation sites is 1. The van der Waals surface area contributed by atoms with E-state index in [-0.39, 0.29) is 15.1 Å². The number of nitrogens with zero attached hydrogens (tertiary/aromatic N) is 2. The summed E-state index contributed by atoms with van der Waals surface area (Å²) in [6.45, 7) is 1.95. The Bertz CT molecular complexity index is 849. The van der Waals surface area contributed by atoms with Gasteiger partial charge in [0.15, 0.2) is 0 Å². The molecule has 1 N–H and O–H groups in total. The van der Waals surface area contributed by atoms with Crippen molar-refractivity contribution in [1.29, 1.82) is 0 Å². The largest absolute Gasteiger partial charge is 0.480 e. The third kappa shape index (κ3) is 2.93. The number of benzene rings is 1. The van der Waals surface area contributed by atoms with Crippen molar-refractivity contribution in [3.63, 3.8) is 0 Å². The monoisotopic (exact) mass is 390 g/mol. The van der Waals surface area contributed by atoms with Crippen molar-refractivity contribution in [1.82, 2.24) is 4.90 Å². The second-order valence-corrected chi connectivity index (χ2v) is 7.77. The minimum Gasteiger partial charge on any atom is -0.480 e. The van der Waals surface area contributed by atoms with Crippen LogP contribution in [0.5, 0.6) is 0 Å². The first-order valence-electron chi connectivity index (χ1n) is 8.28. The lowest BCUT2D eigenvalue weighted by atomic mass is 10.1. The lowest BCUT2D eigenvalue weighted by Gasteiger charge is -2.22. The highest BCUT2D eigenvalue weighted by molar-refractivity contribution is 8.26. The predicted octanol–water partition coefficient (Wildman–Crippen LogP) is 2.88. The molecule has 1 unspecified atom stereocenters. The smallest absolute Gasteiger partial charge is 0.326 e. The fraction of sp³-hybridized carbons (Fsp3) is 0.333. The zero-order valence-electron chi connectivity index (χ0n) is 14.4. The van der Waals surface area contributed by atoms with Gasteiger partial charge in [0.25, 0.3) is 11.8 Å². The molecule has 0 bridgehead atoms. The third-order valence-electron chi connectivity index (χ3n) is 4.51. The van der Waals surface area contributed by atoms with Crippen LogP contribution in [0.1, 0.15) is 31.7 Å². The number of amides is 2. The van der Waals surface area contributed by atoms with E-state index in [9.17, 15) is 19.5 Å². The van der Waals surface area contributed by atoms with Gasteiger partial charge in [0.2, 0.25) is 0 Å². The molecule has 1 fully saturated rings. The number of carbonyl (C=O) groups excluding carboxylic acids is 2. The number of anilines is 1. The van der Waals surface area contributed by atoms with Crippen LogP contribution < -0.4 is 4.90 Å². The number of carbonyl (C=O) groups is 3. The highest BCUT2D eigenvalue weighted by Gasteiger charge is 2.44. The summed E-state index contributed by atoms with van der Waals surface area (Å²) in [5, 5.41) is 9.55. The highest BCUT2D eigenvalue weighted by atomic mass is 32.2. The zero-order valence-corrected chi connectivity index (χ0v) is 16.0. The van der Waals surface area contributed by atoms with E-state index in [0.29, 0.717) is 24.0 Å². The Morgan fingerprint density at radius 2 is 1.96 bits per heavy atom. The number of aliphatic carboxylic acids is 1. The molecule has 3 rings (SSSR count). The van der Waals surface area contributed by atoms with Gasteiger partial charge in [-0.15, -0.1) is 0 Å². The number of carboxylic acids is 1. The third-order valence-corrected chi connectivity index (χ3v) is 5.91. The van der Waals surface area contributed by atoms with Gasteiger partial charge in [-0.1, -0.05) is 61.9 Å². The molecule has 2 aliphatic heterocycles. The standard InChI is InChI=1S/C18H18N2O4S2/c1-3-4-8-12(17(23)24)20-16(22)14(26-18(20)25)13-10-7-5-6-9-11(10)19(2)15(13)21/h5-7,9,12H,3-4,8H2,1-2H3,(H,23,24)/b14-13-. The van der Waals surface area contributed by atoms with E-state index >= 15 is 0 Å². The number of carboxylic acid groups (broad SMARTS) is 1. The Hall–Kier alpha value is -2.19. The van der Waals surface area contributed by atoms with Crippen molar-refractivity contribution in [2.24, 2.45) is 0 Å². The summed E-state index contributed by atoms with van der Waals surface area (Å²) in [5.74, 6) is -1.87. The van der Waals surface area contributed by atoms with Gasteiger partial charge in [-0.05, 0) is 12.5 Å². The highest BCUT2D eigenvalue weighted by Crippen LogP contribution is 2.44. The van der Waals surface area contributed by atoms with Crippen molar-refractivity contribution in [2.45, 2.75) is 32.2 Å². The van der Waals surface area contributed by atoms with Crippen LogP contribution in [-0.2, 0) is 14.4 Å². The van der Waals surface area contributed by atoms with Gasteiger partial charge in [-0.3, -0.25) is 14.5 Å². The van der Waals surface area contributed by atoms with E-state index in [1.807, 2.05) is 19.1 Å². The number of thiocarbonyl (C=S) groups is 1. The molecule has 136 valence electrons. The van der Waals surface area contributed by atoms with Crippen LogP contribution >= 0.6 is 24.0 Å². The molecule has 6 nitrogen and oxygen atoms in total. The molecule has 0 saturated carbocycles. The first kappa shape index (κ1) is 18.6. The number of rotatable bonds is 5. The lowest BCUT2D eigenvalue weighted by Crippen LogP contribution is -2.44. The van der Waals surface area contributed by atoms with Crippen LogP contribution in [0.25, 0.3) is 5.57 Å². The molecule has 0 radical (unpaired) electrons. The molecule has 1 aromatic rings. The average Bonchev–Trinajstić information content (AvgIpc) is 3.03. The van der Waals surface area contributed by atoms with E-state index in [0.717, 1.165) is 28.8 Å². The second kappa shape index (κ2) is 7.20. The van der Waals surface area contributed by atoms with Gasteiger partial charge in [0.1, 0.15) is 10.4 Å². The Morgan fingerprint density at radius 3 is 2.62 bits per heavy atom. The molecule has 1 atom stereocenters. The molecule has 1 aromatic carbocycles.